The zero-order valence-corrected chi connectivity index (χ0v) is 12.9. The van der Waals surface area contributed by atoms with Gasteiger partial charge in [-0.1, -0.05) is 18.2 Å². The van der Waals surface area contributed by atoms with E-state index in [-0.39, 0.29) is 0 Å². The van der Waals surface area contributed by atoms with Crippen LogP contribution in [0.15, 0.2) is 78.9 Å². The van der Waals surface area contributed by atoms with Gasteiger partial charge in [-0.15, -0.1) is 0 Å². The molecule has 4 heteroatoms. The zero-order chi connectivity index (χ0) is 16.1. The number of rotatable bonds is 5. The van der Waals surface area contributed by atoms with E-state index in [2.05, 4.69) is 0 Å². The summed E-state index contributed by atoms with van der Waals surface area (Å²) in [5.41, 5.74) is 0.436. The maximum absolute atomic E-state index is 11.0. The Hall–Kier alpha value is -2.78. The largest absolute Gasteiger partial charge is 0.457 e. The third-order valence-electron chi connectivity index (χ3n) is 3.12. The molecule has 0 N–H and O–H groups in total. The second-order valence-corrected chi connectivity index (χ2v) is 5.13. The molecule has 0 fully saturated rings. The molecule has 3 aromatic rings. The van der Waals surface area contributed by atoms with Crippen molar-refractivity contribution in [1.29, 1.82) is 0 Å². The standard InChI is InChI=1S/C19H13ClO3/c20-19(21)14-6-8-16(9-7-14)23-18-12-10-17(11-13-18)22-15-4-2-1-3-5-15/h1-13H. The quantitative estimate of drug-likeness (QED) is 0.569. The van der Waals surface area contributed by atoms with Gasteiger partial charge in [0.05, 0.1) is 0 Å². The number of halogens is 1. The van der Waals surface area contributed by atoms with Crippen molar-refractivity contribution in [2.75, 3.05) is 0 Å². The molecule has 0 aliphatic heterocycles. The number of carbonyl (C=O) groups excluding carboxylic acids is 1. The van der Waals surface area contributed by atoms with Crippen molar-refractivity contribution in [3.63, 3.8) is 0 Å². The molecule has 0 atom stereocenters. The minimum absolute atomic E-state index is 0.436. The van der Waals surface area contributed by atoms with E-state index in [1.807, 2.05) is 54.6 Å². The molecule has 0 saturated carbocycles. The van der Waals surface area contributed by atoms with Gasteiger partial charge in [0.2, 0.25) is 0 Å². The van der Waals surface area contributed by atoms with E-state index in [1.165, 1.54) is 0 Å². The maximum Gasteiger partial charge on any atom is 0.252 e. The highest BCUT2D eigenvalue weighted by atomic mass is 35.5. The predicted octanol–water partition coefficient (Wildman–Crippen LogP) is 5.65. The van der Waals surface area contributed by atoms with Gasteiger partial charge < -0.3 is 9.47 Å². The Morgan fingerprint density at radius 2 is 1.00 bits per heavy atom. The van der Waals surface area contributed by atoms with Crippen LogP contribution in [0.2, 0.25) is 0 Å². The summed E-state index contributed by atoms with van der Waals surface area (Å²) in [6, 6.07) is 23.5. The molecule has 0 spiro atoms. The third-order valence-corrected chi connectivity index (χ3v) is 3.34. The van der Waals surface area contributed by atoms with Crippen molar-refractivity contribution in [2.45, 2.75) is 0 Å². The lowest BCUT2D eigenvalue weighted by molar-refractivity contribution is 0.108. The Morgan fingerprint density at radius 3 is 1.43 bits per heavy atom. The first kappa shape index (κ1) is 15.1. The first-order chi connectivity index (χ1) is 11.2. The fourth-order valence-corrected chi connectivity index (χ4v) is 2.12. The lowest BCUT2D eigenvalue weighted by atomic mass is 10.2. The van der Waals surface area contributed by atoms with Gasteiger partial charge in [-0.2, -0.15) is 0 Å². The molecule has 114 valence electrons. The van der Waals surface area contributed by atoms with Crippen molar-refractivity contribution in [3.8, 4) is 23.0 Å². The summed E-state index contributed by atoms with van der Waals surface area (Å²) in [6.45, 7) is 0. The summed E-state index contributed by atoms with van der Waals surface area (Å²) >= 11 is 5.41. The van der Waals surface area contributed by atoms with Gasteiger partial charge in [-0.3, -0.25) is 4.79 Å². The van der Waals surface area contributed by atoms with Crippen LogP contribution in [-0.4, -0.2) is 5.24 Å². The Labute approximate surface area is 139 Å². The first-order valence-electron chi connectivity index (χ1n) is 7.01. The van der Waals surface area contributed by atoms with Gasteiger partial charge in [0.25, 0.3) is 5.24 Å². The minimum atomic E-state index is -0.487. The Bertz CT molecular complexity index is 781. The first-order valence-corrected chi connectivity index (χ1v) is 7.39. The highest BCUT2D eigenvalue weighted by Gasteiger charge is 2.03. The lowest BCUT2D eigenvalue weighted by Crippen LogP contribution is -1.89. The van der Waals surface area contributed by atoms with Crippen LogP contribution >= 0.6 is 11.6 Å². The molecule has 0 saturated heterocycles. The third kappa shape index (κ3) is 4.11. The van der Waals surface area contributed by atoms with Crippen LogP contribution in [0.5, 0.6) is 23.0 Å². The molecule has 3 rings (SSSR count). The summed E-state index contributed by atoms with van der Waals surface area (Å²) in [5, 5.41) is -0.487. The number of para-hydroxylation sites is 1. The van der Waals surface area contributed by atoms with Crippen molar-refractivity contribution < 1.29 is 14.3 Å². The maximum atomic E-state index is 11.0. The normalized spacial score (nSPS) is 10.1. The van der Waals surface area contributed by atoms with Crippen LogP contribution in [0.3, 0.4) is 0 Å². The van der Waals surface area contributed by atoms with Gasteiger partial charge in [-0.25, -0.2) is 0 Å². The molecular weight excluding hydrogens is 312 g/mol. The number of carbonyl (C=O) groups is 1. The van der Waals surface area contributed by atoms with E-state index in [9.17, 15) is 4.79 Å². The van der Waals surface area contributed by atoms with Crippen LogP contribution in [0.25, 0.3) is 0 Å². The molecule has 0 aliphatic carbocycles. The molecular formula is C19H13ClO3. The molecule has 0 bridgehead atoms. The molecule has 3 aromatic carbocycles. The second kappa shape index (κ2) is 6.99. The highest BCUT2D eigenvalue weighted by Crippen LogP contribution is 2.26. The molecule has 0 aromatic heterocycles. The van der Waals surface area contributed by atoms with Crippen molar-refractivity contribution in [2.24, 2.45) is 0 Å². The Kier molecular flexibility index (Phi) is 4.60. The van der Waals surface area contributed by atoms with Crippen LogP contribution in [0.1, 0.15) is 10.4 Å². The molecule has 23 heavy (non-hydrogen) atoms. The monoisotopic (exact) mass is 324 g/mol. The van der Waals surface area contributed by atoms with Gasteiger partial charge in [0.15, 0.2) is 0 Å². The number of benzene rings is 3. The molecule has 0 heterocycles. The molecule has 0 amide bonds. The average molecular weight is 325 g/mol. The summed E-state index contributed by atoms with van der Waals surface area (Å²) in [7, 11) is 0. The summed E-state index contributed by atoms with van der Waals surface area (Å²) < 4.78 is 11.4. The van der Waals surface area contributed by atoms with Crippen molar-refractivity contribution in [3.05, 3.63) is 84.4 Å². The van der Waals surface area contributed by atoms with E-state index in [1.54, 1.807) is 24.3 Å². The summed E-state index contributed by atoms with van der Waals surface area (Å²) in [5.74, 6) is 2.81. The lowest BCUT2D eigenvalue weighted by Gasteiger charge is -2.08. The zero-order valence-electron chi connectivity index (χ0n) is 12.1. The molecule has 0 radical (unpaired) electrons. The SMILES string of the molecule is O=C(Cl)c1ccc(Oc2ccc(Oc3ccccc3)cc2)cc1. The number of hydrogen-bond acceptors (Lipinski definition) is 3. The summed E-state index contributed by atoms with van der Waals surface area (Å²) in [6.07, 6.45) is 0. The van der Waals surface area contributed by atoms with E-state index >= 15 is 0 Å². The van der Waals surface area contributed by atoms with E-state index in [0.717, 1.165) is 11.5 Å². The fourth-order valence-electron chi connectivity index (χ4n) is 1.99. The van der Waals surface area contributed by atoms with Gasteiger partial charge in [-0.05, 0) is 72.3 Å². The van der Waals surface area contributed by atoms with Gasteiger partial charge in [0.1, 0.15) is 23.0 Å². The van der Waals surface area contributed by atoms with E-state index < -0.39 is 5.24 Å². The Balaban J connectivity index is 1.66. The topological polar surface area (TPSA) is 35.5 Å². The van der Waals surface area contributed by atoms with Crippen molar-refractivity contribution >= 4 is 16.8 Å². The number of ether oxygens (including phenoxy) is 2. The molecule has 3 nitrogen and oxygen atoms in total. The van der Waals surface area contributed by atoms with Gasteiger partial charge in [0, 0.05) is 5.56 Å². The molecule has 0 unspecified atom stereocenters. The van der Waals surface area contributed by atoms with Gasteiger partial charge >= 0.3 is 0 Å². The van der Waals surface area contributed by atoms with Crippen molar-refractivity contribution in [1.82, 2.24) is 0 Å². The van der Waals surface area contributed by atoms with Crippen LogP contribution in [0, 0.1) is 0 Å². The predicted molar refractivity (Wildman–Crippen MR) is 89.7 cm³/mol. The minimum Gasteiger partial charge on any atom is -0.457 e. The highest BCUT2D eigenvalue weighted by molar-refractivity contribution is 6.67. The molecule has 0 aliphatic rings. The Morgan fingerprint density at radius 1 is 0.609 bits per heavy atom. The van der Waals surface area contributed by atoms with E-state index in [0.29, 0.717) is 17.1 Å². The fraction of sp³-hybridized carbons (Fsp3) is 0. The smallest absolute Gasteiger partial charge is 0.252 e. The number of hydrogen-bond donors (Lipinski definition) is 0. The average Bonchev–Trinajstić information content (AvgIpc) is 2.58. The summed E-state index contributed by atoms with van der Waals surface area (Å²) in [4.78, 5) is 11.0. The van der Waals surface area contributed by atoms with Crippen LogP contribution < -0.4 is 9.47 Å². The van der Waals surface area contributed by atoms with Crippen LogP contribution in [-0.2, 0) is 0 Å². The second-order valence-electron chi connectivity index (χ2n) is 4.79. The van der Waals surface area contributed by atoms with E-state index in [4.69, 9.17) is 21.1 Å². The van der Waals surface area contributed by atoms with Crippen LogP contribution in [0.4, 0.5) is 0 Å².